The smallest absolute Gasteiger partial charge is 0.243 e. The minimum atomic E-state index is -3.41. The van der Waals surface area contributed by atoms with Gasteiger partial charge in [-0.15, -0.1) is 0 Å². The van der Waals surface area contributed by atoms with Gasteiger partial charge in [0.15, 0.2) is 0 Å². The molecule has 1 aliphatic heterocycles. The lowest BCUT2D eigenvalue weighted by molar-refractivity contribution is 0.268. The van der Waals surface area contributed by atoms with Crippen LogP contribution in [0, 0.1) is 13.8 Å². The van der Waals surface area contributed by atoms with Crippen molar-refractivity contribution in [1.29, 1.82) is 0 Å². The van der Waals surface area contributed by atoms with Crippen molar-refractivity contribution in [2.45, 2.75) is 51.0 Å². The third-order valence-corrected chi connectivity index (χ3v) is 6.39. The van der Waals surface area contributed by atoms with E-state index in [-0.39, 0.29) is 6.04 Å². The van der Waals surface area contributed by atoms with Gasteiger partial charge in [-0.25, -0.2) is 8.42 Å². The van der Waals surface area contributed by atoms with Crippen LogP contribution in [0.5, 0.6) is 5.75 Å². The van der Waals surface area contributed by atoms with Crippen LogP contribution in [0.2, 0.25) is 0 Å². The molecule has 0 bridgehead atoms. The summed E-state index contributed by atoms with van der Waals surface area (Å²) in [5.41, 5.74) is 1.67. The Kier molecular flexibility index (Phi) is 4.39. The third-order valence-electron chi connectivity index (χ3n) is 4.24. The van der Waals surface area contributed by atoms with Crippen LogP contribution in [-0.4, -0.2) is 32.4 Å². The van der Waals surface area contributed by atoms with Gasteiger partial charge in [0.25, 0.3) is 0 Å². The van der Waals surface area contributed by atoms with Gasteiger partial charge < -0.3 is 4.74 Å². The van der Waals surface area contributed by atoms with Gasteiger partial charge in [-0.05, 0) is 56.9 Å². The zero-order valence-corrected chi connectivity index (χ0v) is 13.5. The first-order valence-corrected chi connectivity index (χ1v) is 8.49. The average molecular weight is 297 g/mol. The molecule has 112 valence electrons. The SMILES string of the molecule is COc1ccc(S(=O)(=O)N2CCCCC2C)c(C)c1C. The summed E-state index contributed by atoms with van der Waals surface area (Å²) in [5, 5.41) is 0. The molecule has 1 unspecified atom stereocenters. The standard InChI is InChI=1S/C15H23NO3S/c1-11-7-5-6-10-16(11)20(17,18)15-9-8-14(19-4)12(2)13(15)3/h8-9,11H,5-7,10H2,1-4H3. The predicted octanol–water partition coefficient (Wildman–Crippen LogP) is 2.88. The van der Waals surface area contributed by atoms with Crippen molar-refractivity contribution in [3.05, 3.63) is 23.3 Å². The Balaban J connectivity index is 2.47. The monoisotopic (exact) mass is 297 g/mol. The molecule has 1 atom stereocenters. The Bertz CT molecular complexity index is 595. The van der Waals surface area contributed by atoms with Crippen molar-refractivity contribution in [3.8, 4) is 5.75 Å². The first-order chi connectivity index (χ1) is 9.39. The Hall–Kier alpha value is -1.07. The van der Waals surface area contributed by atoms with Crippen LogP contribution in [0.4, 0.5) is 0 Å². The zero-order chi connectivity index (χ0) is 14.9. The lowest BCUT2D eigenvalue weighted by Crippen LogP contribution is -2.42. The summed E-state index contributed by atoms with van der Waals surface area (Å²) in [4.78, 5) is 0.407. The molecular formula is C15H23NO3S. The van der Waals surface area contributed by atoms with Crippen LogP contribution in [0.1, 0.15) is 37.3 Å². The maximum absolute atomic E-state index is 12.9. The van der Waals surface area contributed by atoms with Crippen molar-refractivity contribution >= 4 is 10.0 Å². The molecule has 20 heavy (non-hydrogen) atoms. The molecule has 0 aromatic heterocycles. The van der Waals surface area contributed by atoms with Crippen LogP contribution in [0.3, 0.4) is 0 Å². The fraction of sp³-hybridized carbons (Fsp3) is 0.600. The number of hydrogen-bond acceptors (Lipinski definition) is 3. The molecule has 4 nitrogen and oxygen atoms in total. The quantitative estimate of drug-likeness (QED) is 0.862. The van der Waals surface area contributed by atoms with E-state index in [1.807, 2.05) is 20.8 Å². The molecule has 0 saturated carbocycles. The molecule has 5 heteroatoms. The summed E-state index contributed by atoms with van der Waals surface area (Å²) in [7, 11) is -1.81. The maximum Gasteiger partial charge on any atom is 0.243 e. The number of sulfonamides is 1. The number of methoxy groups -OCH3 is 1. The van der Waals surface area contributed by atoms with E-state index in [2.05, 4.69) is 0 Å². The van der Waals surface area contributed by atoms with Gasteiger partial charge in [0.2, 0.25) is 10.0 Å². The maximum atomic E-state index is 12.9. The number of hydrogen-bond donors (Lipinski definition) is 0. The van der Waals surface area contributed by atoms with Gasteiger partial charge in [-0.2, -0.15) is 4.31 Å². The molecule has 1 fully saturated rings. The lowest BCUT2D eigenvalue weighted by Gasteiger charge is -2.32. The molecule has 0 amide bonds. The molecular weight excluding hydrogens is 274 g/mol. The minimum absolute atomic E-state index is 0.0792. The van der Waals surface area contributed by atoms with Gasteiger partial charge in [0.1, 0.15) is 5.75 Å². The largest absolute Gasteiger partial charge is 0.496 e. The number of benzene rings is 1. The summed E-state index contributed by atoms with van der Waals surface area (Å²) < 4.78 is 32.6. The second-order valence-corrected chi connectivity index (χ2v) is 7.34. The molecule has 0 radical (unpaired) electrons. The zero-order valence-electron chi connectivity index (χ0n) is 12.6. The van der Waals surface area contributed by atoms with Crippen molar-refractivity contribution < 1.29 is 13.2 Å². The van der Waals surface area contributed by atoms with E-state index in [0.29, 0.717) is 11.4 Å². The third kappa shape index (κ3) is 2.56. The summed E-state index contributed by atoms with van der Waals surface area (Å²) >= 11 is 0. The highest BCUT2D eigenvalue weighted by Gasteiger charge is 2.32. The van der Waals surface area contributed by atoms with Gasteiger partial charge >= 0.3 is 0 Å². The Morgan fingerprint density at radius 2 is 1.90 bits per heavy atom. The van der Waals surface area contributed by atoms with E-state index in [9.17, 15) is 8.42 Å². The molecule has 1 aromatic rings. The molecule has 0 aliphatic carbocycles. The van der Waals surface area contributed by atoms with E-state index in [0.717, 1.165) is 36.1 Å². The van der Waals surface area contributed by atoms with Gasteiger partial charge in [-0.3, -0.25) is 0 Å². The lowest BCUT2D eigenvalue weighted by atomic mass is 10.1. The number of piperidine rings is 1. The summed E-state index contributed by atoms with van der Waals surface area (Å²) in [6.45, 7) is 6.35. The first-order valence-electron chi connectivity index (χ1n) is 7.05. The summed E-state index contributed by atoms with van der Waals surface area (Å²) in [6.07, 6.45) is 2.99. The normalized spacial score (nSPS) is 20.9. The second-order valence-electron chi connectivity index (χ2n) is 5.48. The van der Waals surface area contributed by atoms with Crippen molar-refractivity contribution in [3.63, 3.8) is 0 Å². The van der Waals surface area contributed by atoms with Crippen LogP contribution in [-0.2, 0) is 10.0 Å². The number of rotatable bonds is 3. The van der Waals surface area contributed by atoms with E-state index in [1.54, 1.807) is 23.5 Å². The Labute approximate surface area is 121 Å². The molecule has 1 aromatic carbocycles. The number of nitrogens with zero attached hydrogens (tertiary/aromatic N) is 1. The van der Waals surface area contributed by atoms with Crippen LogP contribution < -0.4 is 4.74 Å². The van der Waals surface area contributed by atoms with Crippen molar-refractivity contribution in [2.75, 3.05) is 13.7 Å². The Morgan fingerprint density at radius 3 is 2.50 bits per heavy atom. The van der Waals surface area contributed by atoms with Crippen molar-refractivity contribution in [1.82, 2.24) is 4.31 Å². The summed E-state index contributed by atoms with van der Waals surface area (Å²) in [5.74, 6) is 0.730. The average Bonchev–Trinajstić information content (AvgIpc) is 2.41. The molecule has 1 aliphatic rings. The second kappa shape index (κ2) is 5.74. The highest BCUT2D eigenvalue weighted by Crippen LogP contribution is 2.31. The number of ether oxygens (including phenoxy) is 1. The molecule has 1 saturated heterocycles. The van der Waals surface area contributed by atoms with E-state index in [4.69, 9.17) is 4.74 Å². The van der Waals surface area contributed by atoms with E-state index >= 15 is 0 Å². The summed E-state index contributed by atoms with van der Waals surface area (Å²) in [6, 6.07) is 3.48. The van der Waals surface area contributed by atoms with E-state index in [1.165, 1.54) is 0 Å². The highest BCUT2D eigenvalue weighted by atomic mass is 32.2. The van der Waals surface area contributed by atoms with Crippen LogP contribution in [0.15, 0.2) is 17.0 Å². The predicted molar refractivity (Wildman–Crippen MR) is 79.7 cm³/mol. The fourth-order valence-electron chi connectivity index (χ4n) is 2.83. The topological polar surface area (TPSA) is 46.6 Å². The minimum Gasteiger partial charge on any atom is -0.496 e. The Morgan fingerprint density at radius 1 is 1.20 bits per heavy atom. The first kappa shape index (κ1) is 15.3. The van der Waals surface area contributed by atoms with Crippen LogP contribution >= 0.6 is 0 Å². The van der Waals surface area contributed by atoms with Gasteiger partial charge in [0.05, 0.1) is 12.0 Å². The fourth-order valence-corrected chi connectivity index (χ4v) is 4.81. The molecule has 1 heterocycles. The van der Waals surface area contributed by atoms with E-state index < -0.39 is 10.0 Å². The van der Waals surface area contributed by atoms with Gasteiger partial charge in [0, 0.05) is 12.6 Å². The highest BCUT2D eigenvalue weighted by molar-refractivity contribution is 7.89. The van der Waals surface area contributed by atoms with Crippen molar-refractivity contribution in [2.24, 2.45) is 0 Å². The molecule has 0 spiro atoms. The molecule has 2 rings (SSSR count). The molecule has 0 N–H and O–H groups in total. The van der Waals surface area contributed by atoms with Gasteiger partial charge in [-0.1, -0.05) is 6.42 Å². The van der Waals surface area contributed by atoms with Crippen LogP contribution in [0.25, 0.3) is 0 Å².